The number of carbonyl (C=O) groups is 1. The van der Waals surface area contributed by atoms with E-state index >= 15 is 0 Å². The van der Waals surface area contributed by atoms with Gasteiger partial charge in [0.05, 0.1) is 18.3 Å². The lowest BCUT2D eigenvalue weighted by atomic mass is 9.98. The molecular weight excluding hydrogens is 409 g/mol. The van der Waals surface area contributed by atoms with E-state index in [4.69, 9.17) is 11.6 Å². The lowest BCUT2D eigenvalue weighted by Gasteiger charge is -2.22. The summed E-state index contributed by atoms with van der Waals surface area (Å²) in [5, 5.41) is 15.3. The second-order valence-electron chi connectivity index (χ2n) is 6.94. The first kappa shape index (κ1) is 21.3. The molecule has 1 atom stereocenters. The molecule has 1 fully saturated rings. The van der Waals surface area contributed by atoms with Gasteiger partial charge < -0.3 is 10.6 Å². The van der Waals surface area contributed by atoms with Crippen LogP contribution in [0.3, 0.4) is 0 Å². The summed E-state index contributed by atoms with van der Waals surface area (Å²) in [6.07, 6.45) is 3.71. The number of hydrogen-bond acceptors (Lipinski definition) is 4. The van der Waals surface area contributed by atoms with E-state index in [9.17, 15) is 4.79 Å². The van der Waals surface area contributed by atoms with Gasteiger partial charge in [-0.15, -0.1) is 17.5 Å². The Kier molecular flexibility index (Phi) is 7.25. The first-order chi connectivity index (χ1) is 13.7. The van der Waals surface area contributed by atoms with Crippen LogP contribution in [0.1, 0.15) is 46.5 Å². The minimum atomic E-state index is -0.323. The third-order valence-electron chi connectivity index (χ3n) is 5.02. The zero-order valence-electron chi connectivity index (χ0n) is 15.8. The number of carbonyl (C=O) groups excluding carboxylic acids is 1. The van der Waals surface area contributed by atoms with Gasteiger partial charge in [-0.25, -0.2) is 4.68 Å². The van der Waals surface area contributed by atoms with E-state index in [1.54, 1.807) is 6.20 Å². The van der Waals surface area contributed by atoms with Crippen LogP contribution in [0.4, 0.5) is 0 Å². The number of benzene rings is 2. The number of nitrogens with zero attached hydrogens (tertiary/aromatic N) is 3. The van der Waals surface area contributed by atoms with Crippen LogP contribution >= 0.6 is 24.0 Å². The molecule has 0 radical (unpaired) electrons. The molecule has 1 saturated heterocycles. The molecule has 1 aliphatic rings. The molecule has 0 aliphatic carbocycles. The predicted octanol–water partition coefficient (Wildman–Crippen LogP) is 3.80. The van der Waals surface area contributed by atoms with Crippen LogP contribution < -0.4 is 10.6 Å². The third-order valence-corrected chi connectivity index (χ3v) is 5.25. The summed E-state index contributed by atoms with van der Waals surface area (Å²) < 4.78 is 1.81. The van der Waals surface area contributed by atoms with Crippen LogP contribution in [0, 0.1) is 0 Å². The number of hydrogen-bond donors (Lipinski definition) is 2. The van der Waals surface area contributed by atoms with Gasteiger partial charge in [0.15, 0.2) is 5.69 Å². The number of piperidine rings is 1. The molecule has 2 heterocycles. The first-order valence-electron chi connectivity index (χ1n) is 9.44. The molecule has 29 heavy (non-hydrogen) atoms. The molecule has 2 aromatic carbocycles. The highest BCUT2D eigenvalue weighted by molar-refractivity contribution is 6.30. The maximum atomic E-state index is 12.9. The van der Waals surface area contributed by atoms with Gasteiger partial charge in [0.2, 0.25) is 0 Å². The van der Waals surface area contributed by atoms with Crippen LogP contribution in [0.2, 0.25) is 5.02 Å². The van der Waals surface area contributed by atoms with Crippen LogP contribution in [0.5, 0.6) is 0 Å². The Morgan fingerprint density at radius 2 is 1.83 bits per heavy atom. The zero-order valence-corrected chi connectivity index (χ0v) is 17.4. The van der Waals surface area contributed by atoms with Gasteiger partial charge >= 0.3 is 0 Å². The Morgan fingerprint density at radius 3 is 2.55 bits per heavy atom. The minimum absolute atomic E-state index is 0. The molecule has 1 aromatic heterocycles. The molecule has 1 amide bonds. The van der Waals surface area contributed by atoms with Gasteiger partial charge in [-0.2, -0.15) is 0 Å². The van der Waals surface area contributed by atoms with E-state index in [0.717, 1.165) is 37.1 Å². The van der Waals surface area contributed by atoms with Crippen molar-refractivity contribution in [1.82, 2.24) is 25.6 Å². The van der Waals surface area contributed by atoms with E-state index in [0.29, 0.717) is 10.7 Å². The Bertz CT molecular complexity index is 941. The van der Waals surface area contributed by atoms with Gasteiger partial charge in [0.25, 0.3) is 5.91 Å². The third kappa shape index (κ3) is 5.15. The SMILES string of the molecule is Cl.O=C(NC(c1ccccc1)c1cccc(Cl)c1)c1cn(C2CCNCC2)nn1. The molecular formula is C21H23Cl2N5O. The van der Waals surface area contributed by atoms with E-state index in [-0.39, 0.29) is 30.4 Å². The average molecular weight is 432 g/mol. The molecule has 0 bridgehead atoms. The van der Waals surface area contributed by atoms with Gasteiger partial charge in [0.1, 0.15) is 0 Å². The lowest BCUT2D eigenvalue weighted by Crippen LogP contribution is -2.30. The number of aromatic nitrogens is 3. The number of rotatable bonds is 5. The Morgan fingerprint density at radius 1 is 1.10 bits per heavy atom. The van der Waals surface area contributed by atoms with Crippen molar-refractivity contribution in [1.29, 1.82) is 0 Å². The summed E-state index contributed by atoms with van der Waals surface area (Å²) in [4.78, 5) is 12.9. The van der Waals surface area contributed by atoms with E-state index in [2.05, 4.69) is 20.9 Å². The standard InChI is InChI=1S/C21H22ClN5O.ClH/c22-17-8-4-7-16(13-17)20(15-5-2-1-3-6-15)24-21(28)19-14-27(26-25-19)18-9-11-23-12-10-18;/h1-8,13-14,18,20,23H,9-12H2,(H,24,28);1H. The lowest BCUT2D eigenvalue weighted by molar-refractivity contribution is 0.0938. The Balaban J connectivity index is 0.00000240. The van der Waals surface area contributed by atoms with Crippen molar-refractivity contribution in [2.24, 2.45) is 0 Å². The molecule has 0 saturated carbocycles. The topological polar surface area (TPSA) is 71.8 Å². The predicted molar refractivity (Wildman–Crippen MR) is 116 cm³/mol. The van der Waals surface area contributed by atoms with E-state index < -0.39 is 0 Å². The van der Waals surface area contributed by atoms with Crippen LogP contribution in [0.15, 0.2) is 60.8 Å². The molecule has 8 heteroatoms. The molecule has 3 aromatic rings. The highest BCUT2D eigenvalue weighted by Gasteiger charge is 2.22. The van der Waals surface area contributed by atoms with Crippen LogP contribution in [-0.4, -0.2) is 34.0 Å². The van der Waals surface area contributed by atoms with Crippen molar-refractivity contribution < 1.29 is 4.79 Å². The zero-order chi connectivity index (χ0) is 19.3. The van der Waals surface area contributed by atoms with Crippen LogP contribution in [-0.2, 0) is 0 Å². The summed E-state index contributed by atoms with van der Waals surface area (Å²) in [5.41, 5.74) is 2.21. The Labute approximate surface area is 181 Å². The van der Waals surface area contributed by atoms with Crippen molar-refractivity contribution in [3.05, 3.63) is 82.6 Å². The van der Waals surface area contributed by atoms with Gasteiger partial charge in [-0.3, -0.25) is 4.79 Å². The average Bonchev–Trinajstić information content (AvgIpc) is 3.24. The first-order valence-corrected chi connectivity index (χ1v) is 9.82. The molecule has 6 nitrogen and oxygen atoms in total. The largest absolute Gasteiger partial charge is 0.340 e. The van der Waals surface area contributed by atoms with E-state index in [1.807, 2.05) is 59.3 Å². The highest BCUT2D eigenvalue weighted by atomic mass is 35.5. The van der Waals surface area contributed by atoms with Crippen LogP contribution in [0.25, 0.3) is 0 Å². The number of halogens is 2. The Hall–Kier alpha value is -2.41. The fraction of sp³-hybridized carbons (Fsp3) is 0.286. The summed E-state index contributed by atoms with van der Waals surface area (Å²) in [6, 6.07) is 17.3. The van der Waals surface area contributed by atoms with Crippen molar-refractivity contribution in [2.75, 3.05) is 13.1 Å². The maximum absolute atomic E-state index is 12.9. The molecule has 1 unspecified atom stereocenters. The van der Waals surface area contributed by atoms with Crippen molar-refractivity contribution in [3.8, 4) is 0 Å². The normalized spacial score (nSPS) is 15.3. The fourth-order valence-corrected chi connectivity index (χ4v) is 3.72. The second kappa shape index (κ2) is 9.87. The molecule has 4 rings (SSSR count). The van der Waals surface area contributed by atoms with Crippen molar-refractivity contribution in [3.63, 3.8) is 0 Å². The second-order valence-corrected chi connectivity index (χ2v) is 7.37. The number of nitrogens with one attached hydrogen (secondary N) is 2. The van der Waals surface area contributed by atoms with Gasteiger partial charge in [0, 0.05) is 5.02 Å². The maximum Gasteiger partial charge on any atom is 0.274 e. The summed E-state index contributed by atoms with van der Waals surface area (Å²) in [6.45, 7) is 1.91. The molecule has 0 spiro atoms. The highest BCUT2D eigenvalue weighted by Crippen LogP contribution is 2.25. The molecule has 2 N–H and O–H groups in total. The molecule has 152 valence electrons. The number of amides is 1. The summed E-state index contributed by atoms with van der Waals surface area (Å²) >= 11 is 6.18. The van der Waals surface area contributed by atoms with Crippen molar-refractivity contribution >= 4 is 29.9 Å². The summed E-state index contributed by atoms with van der Waals surface area (Å²) in [7, 11) is 0. The van der Waals surface area contributed by atoms with Crippen molar-refractivity contribution in [2.45, 2.75) is 24.9 Å². The minimum Gasteiger partial charge on any atom is -0.340 e. The van der Waals surface area contributed by atoms with Gasteiger partial charge in [-0.1, -0.05) is 59.3 Å². The summed E-state index contributed by atoms with van der Waals surface area (Å²) in [5.74, 6) is -0.256. The quantitative estimate of drug-likeness (QED) is 0.644. The molecule has 1 aliphatic heterocycles. The fourth-order valence-electron chi connectivity index (χ4n) is 3.53. The monoisotopic (exact) mass is 431 g/mol. The van der Waals surface area contributed by atoms with Gasteiger partial charge in [-0.05, 0) is 49.2 Å². The van der Waals surface area contributed by atoms with E-state index in [1.165, 1.54) is 0 Å². The smallest absolute Gasteiger partial charge is 0.274 e.